The third kappa shape index (κ3) is 2.19. The summed E-state index contributed by atoms with van der Waals surface area (Å²) in [6.07, 6.45) is 1.21. The highest BCUT2D eigenvalue weighted by molar-refractivity contribution is 9.10. The number of anilines is 1. The number of amides is 1. The Labute approximate surface area is 101 Å². The van der Waals surface area contributed by atoms with Crippen molar-refractivity contribution in [1.82, 2.24) is 0 Å². The fourth-order valence-electron chi connectivity index (χ4n) is 1.34. The highest BCUT2D eigenvalue weighted by atomic mass is 79.9. The number of carbonyl (C=O) groups is 1. The molecular weight excluding hydrogens is 274 g/mol. The fraction of sp³-hybridized carbons (Fsp3) is 0.182. The van der Waals surface area contributed by atoms with E-state index in [1.54, 1.807) is 12.1 Å². The summed E-state index contributed by atoms with van der Waals surface area (Å²) in [6.45, 7) is 4.45. The van der Waals surface area contributed by atoms with Crippen molar-refractivity contribution in [2.45, 2.75) is 0 Å². The van der Waals surface area contributed by atoms with Gasteiger partial charge < -0.3 is 14.8 Å². The molecule has 0 aliphatic carbocycles. The number of hydrogen-bond donors (Lipinski definition) is 1. The van der Waals surface area contributed by atoms with Crippen molar-refractivity contribution in [2.75, 3.05) is 18.5 Å². The summed E-state index contributed by atoms with van der Waals surface area (Å²) in [5, 5.41) is 2.67. The molecule has 84 valence electrons. The van der Waals surface area contributed by atoms with E-state index in [2.05, 4.69) is 27.8 Å². The topological polar surface area (TPSA) is 47.6 Å². The molecule has 0 aromatic heterocycles. The van der Waals surface area contributed by atoms with Gasteiger partial charge in [0.05, 0.1) is 5.69 Å². The van der Waals surface area contributed by atoms with Crippen LogP contribution >= 0.6 is 15.9 Å². The van der Waals surface area contributed by atoms with Crippen LogP contribution in [0.3, 0.4) is 0 Å². The zero-order valence-electron chi connectivity index (χ0n) is 8.46. The van der Waals surface area contributed by atoms with E-state index in [0.717, 1.165) is 4.47 Å². The lowest BCUT2D eigenvalue weighted by atomic mass is 10.2. The van der Waals surface area contributed by atoms with E-state index in [9.17, 15) is 4.79 Å². The van der Waals surface area contributed by atoms with Gasteiger partial charge in [-0.2, -0.15) is 0 Å². The van der Waals surface area contributed by atoms with Crippen LogP contribution in [-0.4, -0.2) is 19.1 Å². The number of hydrogen-bond acceptors (Lipinski definition) is 3. The molecule has 1 N–H and O–H groups in total. The van der Waals surface area contributed by atoms with E-state index >= 15 is 0 Å². The van der Waals surface area contributed by atoms with Crippen LogP contribution in [0.15, 0.2) is 29.3 Å². The molecule has 0 saturated carbocycles. The summed E-state index contributed by atoms with van der Waals surface area (Å²) in [7, 11) is 0. The number of halogens is 1. The smallest absolute Gasteiger partial charge is 0.247 e. The third-order valence-corrected chi connectivity index (χ3v) is 2.73. The maximum absolute atomic E-state index is 11.2. The van der Waals surface area contributed by atoms with Crippen LogP contribution in [-0.2, 0) is 4.79 Å². The zero-order valence-corrected chi connectivity index (χ0v) is 10.0. The number of nitrogens with one attached hydrogen (secondary N) is 1. The van der Waals surface area contributed by atoms with Crippen molar-refractivity contribution in [3.8, 4) is 11.5 Å². The summed E-state index contributed by atoms with van der Waals surface area (Å²) in [4.78, 5) is 11.2. The average Bonchev–Trinajstić information content (AvgIpc) is 2.30. The molecule has 0 fully saturated rings. The second-order valence-corrected chi connectivity index (χ2v) is 4.02. The van der Waals surface area contributed by atoms with E-state index in [4.69, 9.17) is 9.47 Å². The van der Waals surface area contributed by atoms with Crippen molar-refractivity contribution in [1.29, 1.82) is 0 Å². The molecule has 1 aromatic rings. The average molecular weight is 284 g/mol. The van der Waals surface area contributed by atoms with Gasteiger partial charge in [0.1, 0.15) is 13.2 Å². The molecule has 1 aliphatic rings. The van der Waals surface area contributed by atoms with E-state index in [0.29, 0.717) is 30.4 Å². The molecule has 0 unspecified atom stereocenters. The van der Waals surface area contributed by atoms with Gasteiger partial charge in [0.15, 0.2) is 11.5 Å². The molecule has 2 rings (SSSR count). The summed E-state index contributed by atoms with van der Waals surface area (Å²) < 4.78 is 11.6. The molecule has 0 spiro atoms. The number of fused-ring (bicyclic) bond motifs is 1. The van der Waals surface area contributed by atoms with Crippen LogP contribution in [0.1, 0.15) is 0 Å². The Morgan fingerprint density at radius 1 is 1.38 bits per heavy atom. The molecule has 5 heteroatoms. The molecule has 16 heavy (non-hydrogen) atoms. The quantitative estimate of drug-likeness (QED) is 0.848. The Morgan fingerprint density at radius 2 is 2.00 bits per heavy atom. The SMILES string of the molecule is C=CC(=O)Nc1cc2c(cc1Br)OCCO2. The zero-order chi connectivity index (χ0) is 11.5. The lowest BCUT2D eigenvalue weighted by molar-refractivity contribution is -0.111. The van der Waals surface area contributed by atoms with Crippen LogP contribution in [0.5, 0.6) is 11.5 Å². The molecule has 0 saturated heterocycles. The van der Waals surface area contributed by atoms with Crippen molar-refractivity contribution in [2.24, 2.45) is 0 Å². The molecular formula is C11H10BrNO3. The van der Waals surface area contributed by atoms with Crippen LogP contribution in [0.25, 0.3) is 0 Å². The largest absolute Gasteiger partial charge is 0.486 e. The van der Waals surface area contributed by atoms with Gasteiger partial charge in [-0.3, -0.25) is 4.79 Å². The summed E-state index contributed by atoms with van der Waals surface area (Å²) in [6, 6.07) is 3.49. The van der Waals surface area contributed by atoms with E-state index < -0.39 is 0 Å². The first-order chi connectivity index (χ1) is 7.70. The number of ether oxygens (including phenoxy) is 2. The monoisotopic (exact) mass is 283 g/mol. The highest BCUT2D eigenvalue weighted by Crippen LogP contribution is 2.38. The minimum atomic E-state index is -0.266. The minimum absolute atomic E-state index is 0.266. The molecule has 1 aromatic carbocycles. The van der Waals surface area contributed by atoms with E-state index in [1.165, 1.54) is 6.08 Å². The molecule has 1 amide bonds. The second-order valence-electron chi connectivity index (χ2n) is 3.17. The Balaban J connectivity index is 2.32. The van der Waals surface area contributed by atoms with E-state index in [-0.39, 0.29) is 5.91 Å². The van der Waals surface area contributed by atoms with Crippen molar-refractivity contribution in [3.05, 3.63) is 29.3 Å². The van der Waals surface area contributed by atoms with Crippen molar-refractivity contribution >= 4 is 27.5 Å². The molecule has 0 bridgehead atoms. The third-order valence-electron chi connectivity index (χ3n) is 2.08. The maximum atomic E-state index is 11.2. The Bertz CT molecular complexity index is 445. The normalized spacial score (nSPS) is 13.1. The predicted octanol–water partition coefficient (Wildman–Crippen LogP) is 2.34. The Kier molecular flexibility index (Phi) is 3.14. The van der Waals surface area contributed by atoms with E-state index in [1.807, 2.05) is 0 Å². The van der Waals surface area contributed by atoms with Gasteiger partial charge >= 0.3 is 0 Å². The standard InChI is InChI=1S/C11H10BrNO3/c1-2-11(14)13-8-6-10-9(5-7(8)12)15-3-4-16-10/h2,5-6H,1,3-4H2,(H,13,14). The summed E-state index contributed by atoms with van der Waals surface area (Å²) in [5.74, 6) is 1.04. The Morgan fingerprint density at radius 3 is 2.62 bits per heavy atom. The van der Waals surface area contributed by atoms with Gasteiger partial charge in [-0.15, -0.1) is 0 Å². The minimum Gasteiger partial charge on any atom is -0.486 e. The maximum Gasteiger partial charge on any atom is 0.247 e. The molecule has 0 radical (unpaired) electrons. The second kappa shape index (κ2) is 4.57. The summed E-state index contributed by atoms with van der Waals surface area (Å²) in [5.41, 5.74) is 0.633. The van der Waals surface area contributed by atoms with Crippen molar-refractivity contribution < 1.29 is 14.3 Å². The van der Waals surface area contributed by atoms with Gasteiger partial charge in [0.2, 0.25) is 5.91 Å². The molecule has 1 aliphatic heterocycles. The number of benzene rings is 1. The molecule has 1 heterocycles. The first-order valence-electron chi connectivity index (χ1n) is 4.73. The Hall–Kier alpha value is -1.49. The number of rotatable bonds is 2. The van der Waals surface area contributed by atoms with Gasteiger partial charge in [0.25, 0.3) is 0 Å². The fourth-order valence-corrected chi connectivity index (χ4v) is 1.77. The van der Waals surface area contributed by atoms with Crippen LogP contribution in [0, 0.1) is 0 Å². The van der Waals surface area contributed by atoms with Gasteiger partial charge in [-0.05, 0) is 22.0 Å². The lowest BCUT2D eigenvalue weighted by Crippen LogP contribution is -2.16. The van der Waals surface area contributed by atoms with Crippen LogP contribution < -0.4 is 14.8 Å². The van der Waals surface area contributed by atoms with Crippen LogP contribution in [0.2, 0.25) is 0 Å². The first-order valence-corrected chi connectivity index (χ1v) is 5.52. The van der Waals surface area contributed by atoms with Gasteiger partial charge in [-0.1, -0.05) is 6.58 Å². The van der Waals surface area contributed by atoms with Crippen LogP contribution in [0.4, 0.5) is 5.69 Å². The van der Waals surface area contributed by atoms with Crippen molar-refractivity contribution in [3.63, 3.8) is 0 Å². The predicted molar refractivity (Wildman–Crippen MR) is 64.0 cm³/mol. The lowest BCUT2D eigenvalue weighted by Gasteiger charge is -2.19. The molecule has 4 nitrogen and oxygen atoms in total. The summed E-state index contributed by atoms with van der Waals surface area (Å²) >= 11 is 3.35. The van der Waals surface area contributed by atoms with Gasteiger partial charge in [0, 0.05) is 16.6 Å². The number of carbonyl (C=O) groups excluding carboxylic acids is 1. The molecule has 0 atom stereocenters. The highest BCUT2D eigenvalue weighted by Gasteiger charge is 2.15. The van der Waals surface area contributed by atoms with Gasteiger partial charge in [-0.25, -0.2) is 0 Å². The first kappa shape index (κ1) is 11.0.